The Morgan fingerprint density at radius 2 is 1.83 bits per heavy atom. The molecule has 4 fully saturated rings. The Balaban J connectivity index is 1.23. The maximum atomic E-state index is 12.7. The van der Waals surface area contributed by atoms with E-state index in [9.17, 15) is 15.0 Å². The summed E-state index contributed by atoms with van der Waals surface area (Å²) >= 11 is 0. The number of carbonyl (C=O) groups is 1. The van der Waals surface area contributed by atoms with E-state index in [2.05, 4.69) is 26.1 Å². The van der Waals surface area contributed by atoms with E-state index in [1.165, 1.54) is 25.7 Å². The maximum Gasteiger partial charge on any atom is 0.224 e. The van der Waals surface area contributed by atoms with Crippen molar-refractivity contribution in [2.24, 2.45) is 46.3 Å². The lowest BCUT2D eigenvalue weighted by Crippen LogP contribution is -2.58. The van der Waals surface area contributed by atoms with Gasteiger partial charge in [0, 0.05) is 18.2 Å². The number of ether oxygens (including phenoxy) is 1. The van der Waals surface area contributed by atoms with Crippen LogP contribution in [0, 0.1) is 46.3 Å². The number of methoxy groups -OCH3 is 1. The second kappa shape index (κ2) is 9.94. The van der Waals surface area contributed by atoms with Crippen molar-refractivity contribution in [1.29, 1.82) is 0 Å². The number of aliphatic hydroxyl groups excluding tert-OH is 2. The first-order valence-corrected chi connectivity index (χ1v) is 14.5. The highest BCUT2D eigenvalue weighted by molar-refractivity contribution is 5.90. The summed E-state index contributed by atoms with van der Waals surface area (Å²) in [4.78, 5) is 12.7. The molecule has 0 unspecified atom stereocenters. The van der Waals surface area contributed by atoms with Gasteiger partial charge in [-0.05, 0) is 116 Å². The Hall–Kier alpha value is -1.59. The molecule has 10 atom stereocenters. The number of fused-ring (bicyclic) bond motifs is 5. The molecule has 0 aliphatic heterocycles. The second-order valence-electron chi connectivity index (χ2n) is 13.2. The smallest absolute Gasteiger partial charge is 0.224 e. The third-order valence-corrected chi connectivity index (χ3v) is 11.6. The van der Waals surface area contributed by atoms with Crippen molar-refractivity contribution < 1.29 is 19.7 Å². The van der Waals surface area contributed by atoms with Crippen molar-refractivity contribution in [3.05, 3.63) is 24.3 Å². The standard InChI is InChI=1S/C31H47NO4/c1-19(8-11-28(35)32-21-6-5-7-23(18-21)36-4)24-9-10-25-29-26(13-15-31(24,25)3)30(2)14-12-22(33)16-20(30)17-27(29)34/h5-7,18-20,22,24-27,29,33-34H,8-17H2,1-4H3,(H,32,35)/t19-,20+,22-,24-,25+,26+,27+,29+,30+,31-/m1/s1. The third-order valence-electron chi connectivity index (χ3n) is 11.6. The van der Waals surface area contributed by atoms with E-state index in [-0.39, 0.29) is 28.9 Å². The molecule has 5 heteroatoms. The average molecular weight is 498 g/mol. The molecule has 36 heavy (non-hydrogen) atoms. The monoisotopic (exact) mass is 497 g/mol. The van der Waals surface area contributed by atoms with Crippen molar-refractivity contribution >= 4 is 11.6 Å². The summed E-state index contributed by atoms with van der Waals surface area (Å²) in [5.74, 6) is 3.93. The Morgan fingerprint density at radius 1 is 1.08 bits per heavy atom. The minimum Gasteiger partial charge on any atom is -0.497 e. The van der Waals surface area contributed by atoms with Gasteiger partial charge in [-0.1, -0.05) is 26.8 Å². The van der Waals surface area contributed by atoms with Gasteiger partial charge in [0.25, 0.3) is 0 Å². The molecule has 0 heterocycles. The topological polar surface area (TPSA) is 78.8 Å². The van der Waals surface area contributed by atoms with E-state index in [4.69, 9.17) is 4.74 Å². The zero-order valence-electron chi connectivity index (χ0n) is 22.7. The van der Waals surface area contributed by atoms with Gasteiger partial charge in [-0.15, -0.1) is 0 Å². The lowest BCUT2D eigenvalue weighted by molar-refractivity contribution is -0.174. The summed E-state index contributed by atoms with van der Waals surface area (Å²) in [6.07, 6.45) is 9.66. The molecule has 1 aromatic carbocycles. The number of carbonyl (C=O) groups excluding carboxylic acids is 1. The van der Waals surface area contributed by atoms with Gasteiger partial charge in [-0.25, -0.2) is 0 Å². The first kappa shape index (κ1) is 26.0. The van der Waals surface area contributed by atoms with Gasteiger partial charge in [0.1, 0.15) is 5.75 Å². The first-order valence-electron chi connectivity index (χ1n) is 14.5. The quantitative estimate of drug-likeness (QED) is 0.448. The number of nitrogens with one attached hydrogen (secondary N) is 1. The highest BCUT2D eigenvalue weighted by Crippen LogP contribution is 2.68. The summed E-state index contributed by atoms with van der Waals surface area (Å²) in [5.41, 5.74) is 1.31. The van der Waals surface area contributed by atoms with E-state index >= 15 is 0 Å². The van der Waals surface area contributed by atoms with Crippen LogP contribution in [0.5, 0.6) is 5.75 Å². The van der Waals surface area contributed by atoms with Crippen molar-refractivity contribution in [3.8, 4) is 5.75 Å². The van der Waals surface area contributed by atoms with Gasteiger partial charge in [0.15, 0.2) is 0 Å². The molecule has 5 nitrogen and oxygen atoms in total. The van der Waals surface area contributed by atoms with Gasteiger partial charge >= 0.3 is 0 Å². The number of benzene rings is 1. The van der Waals surface area contributed by atoms with Crippen molar-refractivity contribution in [1.82, 2.24) is 0 Å². The number of amides is 1. The zero-order chi connectivity index (χ0) is 25.7. The lowest BCUT2D eigenvalue weighted by atomic mass is 9.43. The molecule has 0 aromatic heterocycles. The van der Waals surface area contributed by atoms with E-state index in [1.807, 2.05) is 24.3 Å². The molecule has 4 saturated carbocycles. The van der Waals surface area contributed by atoms with Gasteiger partial charge in [0.05, 0.1) is 19.3 Å². The predicted molar refractivity (Wildman–Crippen MR) is 143 cm³/mol. The molecule has 5 rings (SSSR count). The number of rotatable bonds is 6. The van der Waals surface area contributed by atoms with Crippen LogP contribution in [0.1, 0.15) is 85.0 Å². The summed E-state index contributed by atoms with van der Waals surface area (Å²) < 4.78 is 5.27. The van der Waals surface area contributed by atoms with Crippen LogP contribution >= 0.6 is 0 Å². The minimum absolute atomic E-state index is 0.0691. The molecule has 4 aliphatic rings. The van der Waals surface area contributed by atoms with Crippen LogP contribution < -0.4 is 10.1 Å². The number of anilines is 1. The molecular formula is C31H47NO4. The molecule has 1 amide bonds. The molecule has 0 bridgehead atoms. The van der Waals surface area contributed by atoms with Crippen LogP contribution in [0.25, 0.3) is 0 Å². The maximum absolute atomic E-state index is 12.7. The Morgan fingerprint density at radius 3 is 2.61 bits per heavy atom. The summed E-state index contributed by atoms with van der Waals surface area (Å²) in [7, 11) is 1.63. The highest BCUT2D eigenvalue weighted by atomic mass is 16.5. The van der Waals surface area contributed by atoms with Gasteiger partial charge in [0.2, 0.25) is 5.91 Å². The predicted octanol–water partition coefficient (Wildman–Crippen LogP) is 6.04. The van der Waals surface area contributed by atoms with Gasteiger partial charge in [-0.2, -0.15) is 0 Å². The van der Waals surface area contributed by atoms with Crippen LogP contribution in [-0.4, -0.2) is 35.4 Å². The molecule has 1 aromatic rings. The Labute approximate surface area is 217 Å². The fraction of sp³-hybridized carbons (Fsp3) is 0.774. The Bertz CT molecular complexity index is 950. The molecule has 3 N–H and O–H groups in total. The molecule has 200 valence electrons. The molecular weight excluding hydrogens is 450 g/mol. The first-order chi connectivity index (χ1) is 17.2. The summed E-state index contributed by atoms with van der Waals surface area (Å²) in [6.45, 7) is 7.33. The van der Waals surface area contributed by atoms with Crippen molar-refractivity contribution in [2.75, 3.05) is 12.4 Å². The van der Waals surface area contributed by atoms with Gasteiger partial charge in [-0.3, -0.25) is 4.79 Å². The van der Waals surface area contributed by atoms with Crippen LogP contribution in [-0.2, 0) is 4.79 Å². The fourth-order valence-corrected chi connectivity index (χ4v) is 9.66. The molecule has 0 radical (unpaired) electrons. The van der Waals surface area contributed by atoms with Crippen LogP contribution in [0.3, 0.4) is 0 Å². The SMILES string of the molecule is COc1cccc(NC(=O)CC[C@@H](C)[C@H]2CC[C@H]3[C@@H]4[C@@H](O)C[C@@H]5C[C@H](O)CC[C@]5(C)[C@H]4CC[C@]23C)c1. The molecule has 4 aliphatic carbocycles. The third kappa shape index (κ3) is 4.49. The summed E-state index contributed by atoms with van der Waals surface area (Å²) in [6, 6.07) is 7.53. The number of aliphatic hydroxyl groups is 2. The lowest BCUT2D eigenvalue weighted by Gasteiger charge is -2.62. The number of hydrogen-bond acceptors (Lipinski definition) is 4. The van der Waals surface area contributed by atoms with E-state index in [0.29, 0.717) is 41.9 Å². The highest BCUT2D eigenvalue weighted by Gasteiger charge is 2.62. The zero-order valence-corrected chi connectivity index (χ0v) is 22.7. The normalized spacial score (nSPS) is 42.6. The Kier molecular flexibility index (Phi) is 7.19. The average Bonchev–Trinajstić information content (AvgIpc) is 3.21. The molecule has 0 spiro atoms. The second-order valence-corrected chi connectivity index (χ2v) is 13.2. The van der Waals surface area contributed by atoms with E-state index in [1.54, 1.807) is 7.11 Å². The van der Waals surface area contributed by atoms with Crippen molar-refractivity contribution in [2.45, 2.75) is 97.2 Å². The van der Waals surface area contributed by atoms with E-state index < -0.39 is 0 Å². The molecule has 0 saturated heterocycles. The number of hydrogen-bond donors (Lipinski definition) is 3. The minimum atomic E-state index is -0.231. The van der Waals surface area contributed by atoms with Gasteiger partial charge < -0.3 is 20.3 Å². The van der Waals surface area contributed by atoms with E-state index in [0.717, 1.165) is 43.5 Å². The largest absolute Gasteiger partial charge is 0.497 e. The van der Waals surface area contributed by atoms with Crippen LogP contribution in [0.2, 0.25) is 0 Å². The fourth-order valence-electron chi connectivity index (χ4n) is 9.66. The van der Waals surface area contributed by atoms with Crippen molar-refractivity contribution in [3.63, 3.8) is 0 Å². The van der Waals surface area contributed by atoms with Crippen LogP contribution in [0.15, 0.2) is 24.3 Å². The van der Waals surface area contributed by atoms with Crippen LogP contribution in [0.4, 0.5) is 5.69 Å². The summed E-state index contributed by atoms with van der Waals surface area (Å²) in [5, 5.41) is 24.8.